The van der Waals surface area contributed by atoms with Gasteiger partial charge in [0.15, 0.2) is 6.61 Å². The predicted molar refractivity (Wildman–Crippen MR) is 79.8 cm³/mol. The summed E-state index contributed by atoms with van der Waals surface area (Å²) in [5.74, 6) is -0.823. The molecule has 2 aromatic rings. The lowest BCUT2D eigenvalue weighted by atomic mass is 10.1. The summed E-state index contributed by atoms with van der Waals surface area (Å²) >= 11 is 13.2. The average Bonchev–Trinajstić information content (AvgIpc) is 2.91. The fraction of sp³-hybridized carbons (Fsp3) is 0.143. The van der Waals surface area contributed by atoms with Crippen molar-refractivity contribution in [1.29, 1.82) is 0 Å². The molecule has 1 aromatic carbocycles. The van der Waals surface area contributed by atoms with Gasteiger partial charge in [-0.3, -0.25) is 9.59 Å². The van der Waals surface area contributed by atoms with Crippen LogP contribution in [0.2, 0.25) is 10.0 Å². The summed E-state index contributed by atoms with van der Waals surface area (Å²) in [6, 6.07) is 8.26. The van der Waals surface area contributed by atoms with Crippen LogP contribution >= 0.6 is 34.5 Å². The van der Waals surface area contributed by atoms with E-state index < -0.39 is 5.97 Å². The van der Waals surface area contributed by atoms with Gasteiger partial charge in [0.2, 0.25) is 5.78 Å². The molecule has 104 valence electrons. The highest BCUT2D eigenvalue weighted by molar-refractivity contribution is 7.10. The number of carbonyl (C=O) groups excluding carboxylic acids is 2. The molecule has 0 fully saturated rings. The van der Waals surface area contributed by atoms with Crippen LogP contribution in [0.4, 0.5) is 0 Å². The molecule has 0 N–H and O–H groups in total. The molecule has 0 unspecified atom stereocenters. The Balaban J connectivity index is 1.92. The Morgan fingerprint density at radius 1 is 1.20 bits per heavy atom. The summed E-state index contributed by atoms with van der Waals surface area (Å²) in [5, 5.41) is 2.57. The quantitative estimate of drug-likeness (QED) is 0.615. The first-order valence-corrected chi connectivity index (χ1v) is 7.36. The molecule has 0 saturated carbocycles. The molecule has 0 aliphatic carbocycles. The van der Waals surface area contributed by atoms with Gasteiger partial charge in [-0.15, -0.1) is 11.3 Å². The molecule has 2 rings (SSSR count). The number of benzene rings is 1. The summed E-state index contributed by atoms with van der Waals surface area (Å²) < 4.78 is 4.94. The van der Waals surface area contributed by atoms with Crippen molar-refractivity contribution in [3.8, 4) is 0 Å². The molecule has 0 atom stereocenters. The molecule has 0 radical (unpaired) electrons. The first-order chi connectivity index (χ1) is 9.56. The maximum Gasteiger partial charge on any atom is 0.311 e. The minimum atomic E-state index is -0.445. The van der Waals surface area contributed by atoms with E-state index in [1.807, 2.05) is 17.5 Å². The lowest BCUT2D eigenvalue weighted by Crippen LogP contribution is -2.15. The number of hydrogen-bond donors (Lipinski definition) is 0. The van der Waals surface area contributed by atoms with Gasteiger partial charge in [-0.05, 0) is 29.6 Å². The standard InChI is InChI=1S/C14H10Cl2O3S/c15-9-3-4-12(16)11(6-9)13(17)8-19-14(18)7-10-2-1-5-20-10/h1-6H,7-8H2. The lowest BCUT2D eigenvalue weighted by molar-refractivity contribution is -0.141. The molecule has 0 aliphatic heterocycles. The van der Waals surface area contributed by atoms with Gasteiger partial charge >= 0.3 is 5.97 Å². The van der Waals surface area contributed by atoms with Crippen LogP contribution in [-0.4, -0.2) is 18.4 Å². The van der Waals surface area contributed by atoms with Crippen molar-refractivity contribution in [3.05, 3.63) is 56.2 Å². The summed E-state index contributed by atoms with van der Waals surface area (Å²) in [4.78, 5) is 24.4. The van der Waals surface area contributed by atoms with Crippen molar-refractivity contribution in [2.45, 2.75) is 6.42 Å². The van der Waals surface area contributed by atoms with E-state index in [-0.39, 0.29) is 29.4 Å². The summed E-state index contributed by atoms with van der Waals surface area (Å²) in [6.07, 6.45) is 0.161. The van der Waals surface area contributed by atoms with Crippen molar-refractivity contribution in [3.63, 3.8) is 0 Å². The molecule has 20 heavy (non-hydrogen) atoms. The number of carbonyl (C=O) groups is 2. The number of halogens is 2. The molecule has 0 bridgehead atoms. The molecule has 0 saturated heterocycles. The van der Waals surface area contributed by atoms with E-state index in [1.54, 1.807) is 6.07 Å². The van der Waals surface area contributed by atoms with Crippen LogP contribution in [0.1, 0.15) is 15.2 Å². The Kier molecular flexibility index (Phi) is 5.17. The zero-order valence-electron chi connectivity index (χ0n) is 10.3. The topological polar surface area (TPSA) is 43.4 Å². The largest absolute Gasteiger partial charge is 0.457 e. The van der Waals surface area contributed by atoms with Crippen LogP contribution in [-0.2, 0) is 16.0 Å². The molecule has 3 nitrogen and oxygen atoms in total. The van der Waals surface area contributed by atoms with Gasteiger partial charge in [0.25, 0.3) is 0 Å². The van der Waals surface area contributed by atoms with Gasteiger partial charge in [0.05, 0.1) is 11.4 Å². The first kappa shape index (κ1) is 15.0. The molecule has 0 amide bonds. The minimum absolute atomic E-state index is 0.161. The van der Waals surface area contributed by atoms with Crippen molar-refractivity contribution in [2.24, 2.45) is 0 Å². The van der Waals surface area contributed by atoms with Crippen molar-refractivity contribution < 1.29 is 14.3 Å². The SMILES string of the molecule is O=C(Cc1cccs1)OCC(=O)c1cc(Cl)ccc1Cl. The van der Waals surface area contributed by atoms with Crippen molar-refractivity contribution in [1.82, 2.24) is 0 Å². The third-order valence-electron chi connectivity index (χ3n) is 2.49. The Morgan fingerprint density at radius 2 is 2.00 bits per heavy atom. The number of rotatable bonds is 5. The van der Waals surface area contributed by atoms with Crippen LogP contribution in [0.5, 0.6) is 0 Å². The second-order valence-electron chi connectivity index (χ2n) is 3.96. The highest BCUT2D eigenvalue weighted by Crippen LogP contribution is 2.21. The predicted octanol–water partition coefficient (Wildman–Crippen LogP) is 4.02. The van der Waals surface area contributed by atoms with Crippen LogP contribution in [0, 0.1) is 0 Å². The van der Waals surface area contributed by atoms with Gasteiger partial charge in [-0.25, -0.2) is 0 Å². The normalized spacial score (nSPS) is 10.3. The van der Waals surface area contributed by atoms with Crippen molar-refractivity contribution >= 4 is 46.3 Å². The highest BCUT2D eigenvalue weighted by Gasteiger charge is 2.14. The monoisotopic (exact) mass is 328 g/mol. The average molecular weight is 329 g/mol. The van der Waals surface area contributed by atoms with Crippen LogP contribution in [0.25, 0.3) is 0 Å². The van der Waals surface area contributed by atoms with E-state index in [0.29, 0.717) is 5.02 Å². The van der Waals surface area contributed by atoms with Crippen LogP contribution < -0.4 is 0 Å². The van der Waals surface area contributed by atoms with Gasteiger partial charge in [-0.1, -0.05) is 29.3 Å². The van der Waals surface area contributed by atoms with E-state index in [1.165, 1.54) is 23.5 Å². The second-order valence-corrected chi connectivity index (χ2v) is 5.84. The molecule has 6 heteroatoms. The molecular weight excluding hydrogens is 319 g/mol. The lowest BCUT2D eigenvalue weighted by Gasteiger charge is -2.05. The van der Waals surface area contributed by atoms with E-state index >= 15 is 0 Å². The van der Waals surface area contributed by atoms with Crippen LogP contribution in [0.3, 0.4) is 0 Å². The summed E-state index contributed by atoms with van der Waals surface area (Å²) in [7, 11) is 0. The highest BCUT2D eigenvalue weighted by atomic mass is 35.5. The molecule has 0 aliphatic rings. The van der Waals surface area contributed by atoms with E-state index in [0.717, 1.165) is 4.88 Å². The Morgan fingerprint density at radius 3 is 2.70 bits per heavy atom. The maximum absolute atomic E-state index is 11.9. The fourth-order valence-corrected chi connectivity index (χ4v) is 2.63. The van der Waals surface area contributed by atoms with Gasteiger partial charge in [0.1, 0.15) is 0 Å². The number of Topliss-reactive ketones (excluding diaryl/α,β-unsaturated/α-hetero) is 1. The molecule has 1 aromatic heterocycles. The third kappa shape index (κ3) is 4.07. The Hall–Kier alpha value is -1.36. The van der Waals surface area contributed by atoms with Crippen LogP contribution in [0.15, 0.2) is 35.7 Å². The molecular formula is C14H10Cl2O3S. The Labute approximate surface area is 130 Å². The smallest absolute Gasteiger partial charge is 0.311 e. The van der Waals surface area contributed by atoms with E-state index in [2.05, 4.69) is 0 Å². The van der Waals surface area contributed by atoms with Crippen molar-refractivity contribution in [2.75, 3.05) is 6.61 Å². The first-order valence-electron chi connectivity index (χ1n) is 5.72. The third-order valence-corrected chi connectivity index (χ3v) is 3.93. The number of ketones is 1. The number of esters is 1. The number of hydrogen-bond acceptors (Lipinski definition) is 4. The zero-order chi connectivity index (χ0) is 14.5. The molecule has 0 spiro atoms. The molecule has 1 heterocycles. The minimum Gasteiger partial charge on any atom is -0.457 e. The Bertz CT molecular complexity index is 623. The van der Waals surface area contributed by atoms with Gasteiger partial charge in [0, 0.05) is 15.5 Å². The maximum atomic E-state index is 11.9. The van der Waals surface area contributed by atoms with E-state index in [4.69, 9.17) is 27.9 Å². The summed E-state index contributed by atoms with van der Waals surface area (Å²) in [6.45, 7) is -0.343. The van der Waals surface area contributed by atoms with Gasteiger partial charge < -0.3 is 4.74 Å². The number of thiophene rings is 1. The fourth-order valence-electron chi connectivity index (χ4n) is 1.54. The van der Waals surface area contributed by atoms with Gasteiger partial charge in [-0.2, -0.15) is 0 Å². The van der Waals surface area contributed by atoms with E-state index in [9.17, 15) is 9.59 Å². The number of ether oxygens (including phenoxy) is 1. The summed E-state index contributed by atoms with van der Waals surface area (Å²) in [5.41, 5.74) is 0.253. The zero-order valence-corrected chi connectivity index (χ0v) is 12.6. The second kappa shape index (κ2) is 6.88.